The number of nitrogens with zero attached hydrogens (tertiary/aromatic N) is 1. The summed E-state index contributed by atoms with van der Waals surface area (Å²) in [6.45, 7) is 2.43. The van der Waals surface area contributed by atoms with E-state index in [2.05, 4.69) is 5.32 Å². The van der Waals surface area contributed by atoms with E-state index in [1.807, 2.05) is 85.8 Å². The topological polar surface area (TPSA) is 49.4 Å². The highest BCUT2D eigenvalue weighted by Crippen LogP contribution is 2.22. The van der Waals surface area contributed by atoms with E-state index in [0.29, 0.717) is 24.4 Å². The monoisotopic (exact) mass is 502 g/mol. The van der Waals surface area contributed by atoms with Crippen LogP contribution in [-0.4, -0.2) is 28.8 Å². The van der Waals surface area contributed by atoms with Crippen molar-refractivity contribution in [1.82, 2.24) is 10.2 Å². The minimum Gasteiger partial charge on any atom is -0.352 e. The Morgan fingerprint density at radius 3 is 2.28 bits per heavy atom. The summed E-state index contributed by atoms with van der Waals surface area (Å²) in [5.74, 6) is -0.109. The zero-order chi connectivity index (χ0) is 25.3. The largest absolute Gasteiger partial charge is 0.352 e. The average molecular weight is 503 g/mol. The molecule has 5 heteroatoms. The molecule has 1 fully saturated rings. The zero-order valence-electron chi connectivity index (χ0n) is 21.0. The second-order valence-electron chi connectivity index (χ2n) is 9.79. The quantitative estimate of drug-likeness (QED) is 0.354. The predicted octanol–water partition coefficient (Wildman–Crippen LogP) is 6.28. The van der Waals surface area contributed by atoms with Gasteiger partial charge in [0.15, 0.2) is 0 Å². The van der Waals surface area contributed by atoms with Gasteiger partial charge in [0.2, 0.25) is 11.8 Å². The van der Waals surface area contributed by atoms with Crippen molar-refractivity contribution in [2.24, 2.45) is 0 Å². The first-order chi connectivity index (χ1) is 17.5. The van der Waals surface area contributed by atoms with E-state index in [9.17, 15) is 9.59 Å². The van der Waals surface area contributed by atoms with Gasteiger partial charge in [0.25, 0.3) is 0 Å². The van der Waals surface area contributed by atoms with Crippen LogP contribution in [0.4, 0.5) is 0 Å². The fourth-order valence-electron chi connectivity index (χ4n) is 4.90. The molecule has 0 aliphatic heterocycles. The molecule has 3 aromatic carbocycles. The van der Waals surface area contributed by atoms with E-state index in [1.54, 1.807) is 4.90 Å². The van der Waals surface area contributed by atoms with Gasteiger partial charge in [0.05, 0.1) is 0 Å². The SMILES string of the molecule is Cc1ccc(CN(C(=O)CCc2ccccc2Cl)[C@@H](Cc2ccccc2)C(=O)NC2CCCC2)cc1. The smallest absolute Gasteiger partial charge is 0.243 e. The number of halogens is 1. The maximum Gasteiger partial charge on any atom is 0.243 e. The first-order valence-corrected chi connectivity index (χ1v) is 13.3. The molecule has 2 amide bonds. The number of nitrogens with one attached hydrogen (secondary N) is 1. The molecule has 1 aliphatic rings. The molecular weight excluding hydrogens is 468 g/mol. The maximum atomic E-state index is 13.8. The van der Waals surface area contributed by atoms with Crippen LogP contribution in [0.3, 0.4) is 0 Å². The van der Waals surface area contributed by atoms with E-state index in [-0.39, 0.29) is 24.3 Å². The third-order valence-corrected chi connectivity index (χ3v) is 7.38. The van der Waals surface area contributed by atoms with Crippen LogP contribution in [0.5, 0.6) is 0 Å². The van der Waals surface area contributed by atoms with Crippen LogP contribution in [0.25, 0.3) is 0 Å². The summed E-state index contributed by atoms with van der Waals surface area (Å²) in [7, 11) is 0. The lowest BCUT2D eigenvalue weighted by Gasteiger charge is -2.32. The third kappa shape index (κ3) is 7.20. The highest BCUT2D eigenvalue weighted by atomic mass is 35.5. The molecule has 36 heavy (non-hydrogen) atoms. The normalized spacial score (nSPS) is 14.4. The Labute approximate surface area is 219 Å². The van der Waals surface area contributed by atoms with Crippen molar-refractivity contribution >= 4 is 23.4 Å². The Hall–Kier alpha value is -3.11. The van der Waals surface area contributed by atoms with Gasteiger partial charge in [-0.3, -0.25) is 9.59 Å². The first-order valence-electron chi connectivity index (χ1n) is 12.9. The van der Waals surface area contributed by atoms with E-state index >= 15 is 0 Å². The Morgan fingerprint density at radius 2 is 1.58 bits per heavy atom. The molecule has 0 unspecified atom stereocenters. The fraction of sp³-hybridized carbons (Fsp3) is 0.355. The minimum absolute atomic E-state index is 0.0435. The standard InChI is InChI=1S/C31H35ClN2O2/c1-23-15-17-25(18-16-23)22-34(30(35)20-19-26-11-5-8-14-28(26)32)29(21-24-9-3-2-4-10-24)31(36)33-27-12-6-7-13-27/h2-5,8-11,14-18,27,29H,6-7,12-13,19-22H2,1H3,(H,33,36)/t29-/m0/s1. The van der Waals surface area contributed by atoms with Gasteiger partial charge in [-0.05, 0) is 48.9 Å². The maximum absolute atomic E-state index is 13.8. The number of hydrogen-bond donors (Lipinski definition) is 1. The number of carbonyl (C=O) groups excluding carboxylic acids is 2. The summed E-state index contributed by atoms with van der Waals surface area (Å²) in [6.07, 6.45) is 5.58. The van der Waals surface area contributed by atoms with Crippen molar-refractivity contribution in [3.63, 3.8) is 0 Å². The molecule has 4 nitrogen and oxygen atoms in total. The molecule has 1 aliphatic carbocycles. The summed E-state index contributed by atoms with van der Waals surface area (Å²) in [6, 6.07) is 25.4. The Bertz CT molecular complexity index is 1140. The lowest BCUT2D eigenvalue weighted by Crippen LogP contribution is -2.52. The number of carbonyl (C=O) groups is 2. The molecule has 0 radical (unpaired) electrons. The molecule has 0 aromatic heterocycles. The number of hydrogen-bond acceptors (Lipinski definition) is 2. The van der Waals surface area contributed by atoms with Gasteiger partial charge in [-0.1, -0.05) is 103 Å². The van der Waals surface area contributed by atoms with Gasteiger partial charge in [0.1, 0.15) is 6.04 Å². The van der Waals surface area contributed by atoms with Crippen LogP contribution >= 0.6 is 11.6 Å². The van der Waals surface area contributed by atoms with Crippen molar-refractivity contribution in [3.05, 3.63) is 106 Å². The molecule has 0 bridgehead atoms. The number of rotatable bonds is 10. The Balaban J connectivity index is 1.61. The summed E-state index contributed by atoms with van der Waals surface area (Å²) in [5.41, 5.74) is 4.16. The second kappa shape index (κ2) is 12.7. The summed E-state index contributed by atoms with van der Waals surface area (Å²) in [4.78, 5) is 29.2. The van der Waals surface area contributed by atoms with Crippen LogP contribution in [0.15, 0.2) is 78.9 Å². The number of amides is 2. The van der Waals surface area contributed by atoms with E-state index in [0.717, 1.165) is 47.9 Å². The molecule has 1 atom stereocenters. The molecule has 1 saturated carbocycles. The highest BCUT2D eigenvalue weighted by Gasteiger charge is 2.32. The van der Waals surface area contributed by atoms with Crippen LogP contribution in [-0.2, 0) is 29.0 Å². The van der Waals surface area contributed by atoms with Crippen LogP contribution in [0.1, 0.15) is 54.4 Å². The summed E-state index contributed by atoms with van der Waals surface area (Å²) < 4.78 is 0. The summed E-state index contributed by atoms with van der Waals surface area (Å²) in [5, 5.41) is 3.92. The molecule has 1 N–H and O–H groups in total. The lowest BCUT2D eigenvalue weighted by atomic mass is 10.0. The lowest BCUT2D eigenvalue weighted by molar-refractivity contribution is -0.141. The van der Waals surface area contributed by atoms with E-state index < -0.39 is 6.04 Å². The molecule has 0 saturated heterocycles. The Morgan fingerprint density at radius 1 is 0.917 bits per heavy atom. The van der Waals surface area contributed by atoms with Crippen molar-refractivity contribution in [2.45, 2.75) is 70.5 Å². The number of benzene rings is 3. The van der Waals surface area contributed by atoms with Crippen LogP contribution in [0, 0.1) is 6.92 Å². The molecule has 4 rings (SSSR count). The second-order valence-corrected chi connectivity index (χ2v) is 10.2. The van der Waals surface area contributed by atoms with Crippen LogP contribution < -0.4 is 5.32 Å². The molecule has 188 valence electrons. The Kier molecular flexibility index (Phi) is 9.18. The van der Waals surface area contributed by atoms with Gasteiger partial charge in [-0.25, -0.2) is 0 Å². The van der Waals surface area contributed by atoms with E-state index in [1.165, 1.54) is 0 Å². The minimum atomic E-state index is -0.590. The van der Waals surface area contributed by atoms with Gasteiger partial charge >= 0.3 is 0 Å². The van der Waals surface area contributed by atoms with Crippen molar-refractivity contribution in [3.8, 4) is 0 Å². The van der Waals surface area contributed by atoms with E-state index in [4.69, 9.17) is 11.6 Å². The fourth-order valence-corrected chi connectivity index (χ4v) is 5.13. The molecular formula is C31H35ClN2O2. The molecule has 3 aromatic rings. The van der Waals surface area contributed by atoms with Crippen molar-refractivity contribution in [2.75, 3.05) is 0 Å². The number of aryl methyl sites for hydroxylation is 2. The predicted molar refractivity (Wildman–Crippen MR) is 146 cm³/mol. The highest BCUT2D eigenvalue weighted by molar-refractivity contribution is 6.31. The van der Waals surface area contributed by atoms with Gasteiger partial charge in [-0.15, -0.1) is 0 Å². The van der Waals surface area contributed by atoms with Gasteiger partial charge < -0.3 is 10.2 Å². The third-order valence-electron chi connectivity index (χ3n) is 7.01. The van der Waals surface area contributed by atoms with Gasteiger partial charge in [0, 0.05) is 30.5 Å². The van der Waals surface area contributed by atoms with Crippen molar-refractivity contribution in [1.29, 1.82) is 0 Å². The van der Waals surface area contributed by atoms with Crippen molar-refractivity contribution < 1.29 is 9.59 Å². The molecule has 0 heterocycles. The van der Waals surface area contributed by atoms with Crippen LogP contribution in [0.2, 0.25) is 5.02 Å². The van der Waals surface area contributed by atoms with Gasteiger partial charge in [-0.2, -0.15) is 0 Å². The first kappa shape index (κ1) is 26.0. The zero-order valence-corrected chi connectivity index (χ0v) is 21.7. The average Bonchev–Trinajstić information content (AvgIpc) is 3.40. The summed E-state index contributed by atoms with van der Waals surface area (Å²) >= 11 is 6.36. The molecule has 0 spiro atoms.